The van der Waals surface area contributed by atoms with Crippen molar-refractivity contribution < 1.29 is 9.90 Å². The highest BCUT2D eigenvalue weighted by molar-refractivity contribution is 6.05. The summed E-state index contributed by atoms with van der Waals surface area (Å²) in [4.78, 5) is 15.6. The van der Waals surface area contributed by atoms with Gasteiger partial charge < -0.3 is 10.4 Å². The van der Waals surface area contributed by atoms with Gasteiger partial charge in [0.05, 0.1) is 23.6 Å². The highest BCUT2D eigenvalue weighted by Gasteiger charge is 2.12. The maximum absolute atomic E-state index is 11.9. The largest absolute Gasteiger partial charge is 0.505 e. The minimum atomic E-state index is -0.391. The van der Waals surface area contributed by atoms with Crippen molar-refractivity contribution in [2.75, 3.05) is 5.32 Å². The molecule has 0 saturated heterocycles. The van der Waals surface area contributed by atoms with Gasteiger partial charge in [0.2, 0.25) is 0 Å². The van der Waals surface area contributed by atoms with Gasteiger partial charge in [0, 0.05) is 18.4 Å². The predicted molar refractivity (Wildman–Crippen MR) is 66.5 cm³/mol. The van der Waals surface area contributed by atoms with Crippen LogP contribution in [0.3, 0.4) is 0 Å². The molecule has 2 aromatic rings. The van der Waals surface area contributed by atoms with Crippen molar-refractivity contribution >= 4 is 11.6 Å². The van der Waals surface area contributed by atoms with Crippen molar-refractivity contribution in [1.82, 2.24) is 14.8 Å². The van der Waals surface area contributed by atoms with E-state index in [1.807, 2.05) is 13.8 Å². The lowest BCUT2D eigenvalue weighted by Gasteiger charge is -2.05. The minimum Gasteiger partial charge on any atom is -0.505 e. The average Bonchev–Trinajstić information content (AvgIpc) is 2.78. The Morgan fingerprint density at radius 1 is 1.44 bits per heavy atom. The Labute approximate surface area is 104 Å². The predicted octanol–water partition coefficient (Wildman–Crippen LogP) is 1.82. The first-order chi connectivity index (χ1) is 8.58. The molecule has 0 bridgehead atoms. The van der Waals surface area contributed by atoms with E-state index >= 15 is 0 Å². The standard InChI is InChI=1S/C12H14N4O2/c1-8(2)16-7-9(5-14-16)15-12(18)10-3-4-13-6-11(10)17/h3-8,17H,1-2H3,(H,15,18). The molecule has 0 saturated carbocycles. The smallest absolute Gasteiger partial charge is 0.259 e. The summed E-state index contributed by atoms with van der Waals surface area (Å²) in [5.41, 5.74) is 0.771. The Bertz CT molecular complexity index is 563. The van der Waals surface area contributed by atoms with Gasteiger partial charge in [-0.1, -0.05) is 0 Å². The Kier molecular flexibility index (Phi) is 3.27. The van der Waals surface area contributed by atoms with E-state index in [0.29, 0.717) is 5.69 Å². The highest BCUT2D eigenvalue weighted by atomic mass is 16.3. The number of nitrogens with one attached hydrogen (secondary N) is 1. The Hall–Kier alpha value is -2.37. The third-order valence-corrected chi connectivity index (χ3v) is 2.43. The van der Waals surface area contributed by atoms with Gasteiger partial charge in [-0.3, -0.25) is 14.5 Å². The van der Waals surface area contributed by atoms with Crippen molar-refractivity contribution in [3.8, 4) is 5.75 Å². The molecule has 2 rings (SSSR count). The van der Waals surface area contributed by atoms with Gasteiger partial charge in [-0.15, -0.1) is 0 Å². The minimum absolute atomic E-state index is 0.147. The molecule has 1 amide bonds. The van der Waals surface area contributed by atoms with Crippen molar-refractivity contribution in [1.29, 1.82) is 0 Å². The molecule has 0 fully saturated rings. The number of carbonyl (C=O) groups excluding carboxylic acids is 1. The summed E-state index contributed by atoms with van der Waals surface area (Å²) in [5, 5.41) is 16.3. The highest BCUT2D eigenvalue weighted by Crippen LogP contribution is 2.17. The van der Waals surface area contributed by atoms with Gasteiger partial charge >= 0.3 is 0 Å². The van der Waals surface area contributed by atoms with Gasteiger partial charge in [-0.05, 0) is 19.9 Å². The third kappa shape index (κ3) is 2.48. The van der Waals surface area contributed by atoms with E-state index in [1.54, 1.807) is 17.1 Å². The zero-order valence-corrected chi connectivity index (χ0v) is 10.2. The number of hydrogen-bond acceptors (Lipinski definition) is 4. The van der Waals surface area contributed by atoms with Gasteiger partial charge in [-0.2, -0.15) is 5.10 Å². The molecule has 2 aromatic heterocycles. The lowest BCUT2D eigenvalue weighted by Crippen LogP contribution is -2.11. The molecule has 0 aliphatic heterocycles. The lowest BCUT2D eigenvalue weighted by molar-refractivity contribution is 0.102. The third-order valence-electron chi connectivity index (χ3n) is 2.43. The summed E-state index contributed by atoms with van der Waals surface area (Å²) in [5.74, 6) is -0.538. The Balaban J connectivity index is 2.14. The van der Waals surface area contributed by atoms with E-state index in [-0.39, 0.29) is 17.4 Å². The second kappa shape index (κ2) is 4.87. The molecule has 18 heavy (non-hydrogen) atoms. The molecule has 0 radical (unpaired) electrons. The van der Waals surface area contributed by atoms with Crippen LogP contribution in [0.4, 0.5) is 5.69 Å². The monoisotopic (exact) mass is 246 g/mol. The summed E-state index contributed by atoms with van der Waals surface area (Å²) in [6.45, 7) is 3.99. The number of pyridine rings is 1. The van der Waals surface area contributed by atoms with E-state index < -0.39 is 5.91 Å². The van der Waals surface area contributed by atoms with E-state index in [0.717, 1.165) is 0 Å². The van der Waals surface area contributed by atoms with E-state index in [1.165, 1.54) is 18.5 Å². The first-order valence-corrected chi connectivity index (χ1v) is 5.56. The molecule has 0 unspecified atom stereocenters. The first kappa shape index (κ1) is 12.1. The maximum atomic E-state index is 11.9. The van der Waals surface area contributed by atoms with Crippen molar-refractivity contribution in [2.45, 2.75) is 19.9 Å². The number of nitrogens with zero attached hydrogens (tertiary/aromatic N) is 3. The van der Waals surface area contributed by atoms with Crippen LogP contribution in [0.5, 0.6) is 5.75 Å². The summed E-state index contributed by atoms with van der Waals surface area (Å²) >= 11 is 0. The van der Waals surface area contributed by atoms with Crippen LogP contribution < -0.4 is 5.32 Å². The zero-order valence-electron chi connectivity index (χ0n) is 10.2. The molecular weight excluding hydrogens is 232 g/mol. The van der Waals surface area contributed by atoms with E-state index in [4.69, 9.17) is 0 Å². The Morgan fingerprint density at radius 3 is 2.83 bits per heavy atom. The fourth-order valence-corrected chi connectivity index (χ4v) is 1.46. The van der Waals surface area contributed by atoms with Gasteiger partial charge in [-0.25, -0.2) is 0 Å². The quantitative estimate of drug-likeness (QED) is 0.865. The van der Waals surface area contributed by atoms with Crippen LogP contribution in [0.25, 0.3) is 0 Å². The summed E-state index contributed by atoms with van der Waals surface area (Å²) < 4.78 is 1.74. The van der Waals surface area contributed by atoms with Crippen LogP contribution in [0.15, 0.2) is 30.9 Å². The molecule has 0 aliphatic carbocycles. The van der Waals surface area contributed by atoms with Gasteiger partial charge in [0.15, 0.2) is 0 Å². The SMILES string of the molecule is CC(C)n1cc(NC(=O)c2ccncc2O)cn1. The molecule has 0 spiro atoms. The topological polar surface area (TPSA) is 80.0 Å². The molecule has 94 valence electrons. The van der Waals surface area contributed by atoms with E-state index in [2.05, 4.69) is 15.4 Å². The molecular formula is C12H14N4O2. The number of aromatic nitrogens is 3. The fourth-order valence-electron chi connectivity index (χ4n) is 1.46. The molecule has 0 atom stereocenters. The molecule has 6 heteroatoms. The maximum Gasteiger partial charge on any atom is 0.259 e. The number of aromatic hydroxyl groups is 1. The molecule has 2 N–H and O–H groups in total. The van der Waals surface area contributed by atoms with Crippen LogP contribution >= 0.6 is 0 Å². The molecule has 6 nitrogen and oxygen atoms in total. The van der Waals surface area contributed by atoms with Crippen LogP contribution in [-0.4, -0.2) is 25.8 Å². The van der Waals surface area contributed by atoms with Crippen molar-refractivity contribution in [2.24, 2.45) is 0 Å². The van der Waals surface area contributed by atoms with Crippen LogP contribution in [-0.2, 0) is 0 Å². The molecule has 0 aromatic carbocycles. The summed E-state index contributed by atoms with van der Waals surface area (Å²) in [7, 11) is 0. The number of amides is 1. The average molecular weight is 246 g/mol. The van der Waals surface area contributed by atoms with Gasteiger partial charge in [0.1, 0.15) is 5.75 Å². The van der Waals surface area contributed by atoms with Crippen molar-refractivity contribution in [3.63, 3.8) is 0 Å². The molecule has 2 heterocycles. The Morgan fingerprint density at radius 2 is 2.22 bits per heavy atom. The van der Waals surface area contributed by atoms with Crippen molar-refractivity contribution in [3.05, 3.63) is 36.4 Å². The molecule has 0 aliphatic rings. The van der Waals surface area contributed by atoms with Crippen LogP contribution in [0.2, 0.25) is 0 Å². The number of hydrogen-bond donors (Lipinski definition) is 2. The summed E-state index contributed by atoms with van der Waals surface area (Å²) in [6, 6.07) is 1.68. The second-order valence-corrected chi connectivity index (χ2v) is 4.15. The van der Waals surface area contributed by atoms with E-state index in [9.17, 15) is 9.90 Å². The normalized spacial score (nSPS) is 10.6. The van der Waals surface area contributed by atoms with Crippen LogP contribution in [0.1, 0.15) is 30.2 Å². The zero-order chi connectivity index (χ0) is 13.1. The van der Waals surface area contributed by atoms with Gasteiger partial charge in [0.25, 0.3) is 5.91 Å². The number of rotatable bonds is 3. The van der Waals surface area contributed by atoms with Crippen LogP contribution in [0, 0.1) is 0 Å². The fraction of sp³-hybridized carbons (Fsp3) is 0.250. The summed E-state index contributed by atoms with van der Waals surface area (Å²) in [6.07, 6.45) is 5.98. The first-order valence-electron chi connectivity index (χ1n) is 5.56. The number of anilines is 1. The second-order valence-electron chi connectivity index (χ2n) is 4.15. The lowest BCUT2D eigenvalue weighted by atomic mass is 10.2. The number of carbonyl (C=O) groups is 1.